The van der Waals surface area contributed by atoms with Gasteiger partial charge in [-0.3, -0.25) is 0 Å². The monoisotopic (exact) mass is 794 g/mol. The van der Waals surface area contributed by atoms with E-state index in [1.54, 1.807) is 0 Å². The van der Waals surface area contributed by atoms with Crippen molar-refractivity contribution in [1.29, 1.82) is 0 Å². The lowest BCUT2D eigenvalue weighted by Gasteiger charge is -2.31. The summed E-state index contributed by atoms with van der Waals surface area (Å²) in [6.45, 7) is 0. The molecule has 0 fully saturated rings. The van der Waals surface area contributed by atoms with Crippen molar-refractivity contribution in [3.8, 4) is 44.5 Å². The Hall–Kier alpha value is -7.94. The van der Waals surface area contributed by atoms with Gasteiger partial charge in [0, 0.05) is 39.8 Å². The highest BCUT2D eigenvalue weighted by molar-refractivity contribution is 5.91. The normalized spacial score (nSPS) is 13.3. The summed E-state index contributed by atoms with van der Waals surface area (Å²) in [5, 5.41) is 0. The van der Waals surface area contributed by atoms with Gasteiger partial charge in [-0.1, -0.05) is 200 Å². The minimum atomic E-state index is 0.363. The number of anilines is 5. The van der Waals surface area contributed by atoms with Crippen molar-refractivity contribution in [3.63, 3.8) is 0 Å². The third-order valence-corrected chi connectivity index (χ3v) is 11.8. The molecule has 0 radical (unpaired) electrons. The molecule has 296 valence electrons. The fraction of sp³-hybridized carbons (Fsp3) is 0.0333. The van der Waals surface area contributed by atoms with E-state index in [4.69, 9.17) is 0 Å². The Kier molecular flexibility index (Phi) is 10.9. The number of allylic oxidation sites excluding steroid dienone is 3. The Morgan fingerprint density at radius 3 is 1.34 bits per heavy atom. The Labute approximate surface area is 365 Å². The first kappa shape index (κ1) is 38.3. The number of hydrogen-bond acceptors (Lipinski definition) is 2. The van der Waals surface area contributed by atoms with Gasteiger partial charge in [0.25, 0.3) is 0 Å². The number of rotatable bonds is 11. The Morgan fingerprint density at radius 1 is 0.323 bits per heavy atom. The summed E-state index contributed by atoms with van der Waals surface area (Å²) in [5.74, 6) is 0.363. The Bertz CT molecular complexity index is 2970. The number of nitrogens with zero attached hydrogens (tertiary/aromatic N) is 2. The number of benzene rings is 9. The van der Waals surface area contributed by atoms with E-state index in [2.05, 4.69) is 271 Å². The zero-order valence-electron chi connectivity index (χ0n) is 34.5. The van der Waals surface area contributed by atoms with Crippen LogP contribution in [0.1, 0.15) is 17.9 Å². The SMILES string of the molecule is C1=CC(c2ccccc2)CC=C1N(c1ccccc1)c1ccccc1-c1ccc(-c2ccccc2N(c2ccccc2)c2cccc(-c3cccc(-c4ccccc4)c3)c2)cc1. The minimum Gasteiger partial charge on any atom is -0.310 e. The molecule has 1 aliphatic rings. The third-order valence-electron chi connectivity index (χ3n) is 11.8. The van der Waals surface area contributed by atoms with E-state index in [-0.39, 0.29) is 0 Å². The van der Waals surface area contributed by atoms with Gasteiger partial charge in [0.1, 0.15) is 0 Å². The summed E-state index contributed by atoms with van der Waals surface area (Å²) in [5.41, 5.74) is 17.5. The predicted molar refractivity (Wildman–Crippen MR) is 262 cm³/mol. The zero-order chi connectivity index (χ0) is 41.5. The molecule has 0 heterocycles. The van der Waals surface area contributed by atoms with E-state index >= 15 is 0 Å². The molecule has 9 aromatic rings. The second-order valence-corrected chi connectivity index (χ2v) is 15.7. The quantitative estimate of drug-likeness (QED) is 0.129. The zero-order valence-corrected chi connectivity index (χ0v) is 34.5. The second-order valence-electron chi connectivity index (χ2n) is 15.7. The van der Waals surface area contributed by atoms with Crippen LogP contribution in [0.15, 0.2) is 267 Å². The van der Waals surface area contributed by atoms with Gasteiger partial charge < -0.3 is 9.80 Å². The average Bonchev–Trinajstić information content (AvgIpc) is 3.36. The van der Waals surface area contributed by atoms with Crippen molar-refractivity contribution in [2.45, 2.75) is 12.3 Å². The van der Waals surface area contributed by atoms with Crippen LogP contribution in [0.2, 0.25) is 0 Å². The van der Waals surface area contributed by atoms with Gasteiger partial charge >= 0.3 is 0 Å². The fourth-order valence-electron chi connectivity index (χ4n) is 8.72. The van der Waals surface area contributed by atoms with Crippen LogP contribution >= 0.6 is 0 Å². The highest BCUT2D eigenvalue weighted by Crippen LogP contribution is 2.44. The summed E-state index contributed by atoms with van der Waals surface area (Å²) in [6, 6.07) is 87.2. The predicted octanol–water partition coefficient (Wildman–Crippen LogP) is 16.6. The molecular formula is C60H46N2. The molecular weight excluding hydrogens is 749 g/mol. The molecule has 2 nitrogen and oxygen atoms in total. The van der Waals surface area contributed by atoms with E-state index in [9.17, 15) is 0 Å². The highest BCUT2D eigenvalue weighted by Gasteiger charge is 2.22. The molecule has 1 atom stereocenters. The fourth-order valence-corrected chi connectivity index (χ4v) is 8.72. The molecule has 0 N–H and O–H groups in total. The van der Waals surface area contributed by atoms with Crippen LogP contribution in [-0.4, -0.2) is 0 Å². The van der Waals surface area contributed by atoms with Crippen LogP contribution in [0.25, 0.3) is 44.5 Å². The van der Waals surface area contributed by atoms with E-state index in [1.165, 1.54) is 39.1 Å². The maximum atomic E-state index is 2.40. The molecule has 0 saturated heterocycles. The van der Waals surface area contributed by atoms with E-state index < -0.39 is 0 Å². The van der Waals surface area contributed by atoms with Crippen molar-refractivity contribution >= 4 is 28.4 Å². The molecule has 1 unspecified atom stereocenters. The summed E-state index contributed by atoms with van der Waals surface area (Å²) >= 11 is 0. The molecule has 0 bridgehead atoms. The Morgan fingerprint density at radius 2 is 0.758 bits per heavy atom. The molecule has 62 heavy (non-hydrogen) atoms. The highest BCUT2D eigenvalue weighted by atomic mass is 15.2. The van der Waals surface area contributed by atoms with Gasteiger partial charge in [-0.2, -0.15) is 0 Å². The van der Waals surface area contributed by atoms with Crippen molar-refractivity contribution in [1.82, 2.24) is 0 Å². The molecule has 1 aliphatic carbocycles. The van der Waals surface area contributed by atoms with Crippen LogP contribution in [-0.2, 0) is 0 Å². The lowest BCUT2D eigenvalue weighted by molar-refractivity contribution is 0.840. The Balaban J connectivity index is 1.00. The maximum absolute atomic E-state index is 2.40. The molecule has 0 spiro atoms. The van der Waals surface area contributed by atoms with Crippen molar-refractivity contribution in [2.75, 3.05) is 9.80 Å². The molecule has 9 aromatic carbocycles. The van der Waals surface area contributed by atoms with Gasteiger partial charge in [-0.25, -0.2) is 0 Å². The van der Waals surface area contributed by atoms with Crippen LogP contribution in [0, 0.1) is 0 Å². The maximum Gasteiger partial charge on any atom is 0.0540 e. The van der Waals surface area contributed by atoms with Crippen molar-refractivity contribution in [2.24, 2.45) is 0 Å². The van der Waals surface area contributed by atoms with Gasteiger partial charge in [0.05, 0.1) is 11.4 Å². The number of hydrogen-bond donors (Lipinski definition) is 0. The van der Waals surface area contributed by atoms with Crippen LogP contribution in [0.4, 0.5) is 28.4 Å². The summed E-state index contributed by atoms with van der Waals surface area (Å²) in [4.78, 5) is 4.79. The molecule has 2 heteroatoms. The molecule has 0 amide bonds. The van der Waals surface area contributed by atoms with E-state index in [0.717, 1.165) is 51.5 Å². The van der Waals surface area contributed by atoms with Crippen molar-refractivity contribution < 1.29 is 0 Å². The van der Waals surface area contributed by atoms with Crippen LogP contribution in [0.3, 0.4) is 0 Å². The standard InChI is InChI=1S/C60H46N2/c1-5-19-45(20-6-1)47-39-41-55(42-40-47)61(53-26-9-3-10-27-53)59-33-15-13-31-57(59)48-35-37-49(38-36-48)58-32-14-16-34-60(58)62(54-28-11-4-12-29-54)56-30-18-25-52(44-56)51-24-17-23-50(43-51)46-21-7-2-8-22-46/h1-39,41-44,47H,40H2. The van der Waals surface area contributed by atoms with Crippen molar-refractivity contribution in [3.05, 3.63) is 272 Å². The van der Waals surface area contributed by atoms with Gasteiger partial charge in [0.15, 0.2) is 0 Å². The van der Waals surface area contributed by atoms with E-state index in [1.807, 2.05) is 0 Å². The summed E-state index contributed by atoms with van der Waals surface area (Å²) < 4.78 is 0. The first-order valence-corrected chi connectivity index (χ1v) is 21.5. The minimum absolute atomic E-state index is 0.363. The van der Waals surface area contributed by atoms with E-state index in [0.29, 0.717) is 5.92 Å². The van der Waals surface area contributed by atoms with Gasteiger partial charge in [-0.15, -0.1) is 0 Å². The number of para-hydroxylation sites is 4. The first-order chi connectivity index (χ1) is 30.8. The summed E-state index contributed by atoms with van der Waals surface area (Å²) in [7, 11) is 0. The van der Waals surface area contributed by atoms with Gasteiger partial charge in [0.2, 0.25) is 0 Å². The van der Waals surface area contributed by atoms with Gasteiger partial charge in [-0.05, 0) is 106 Å². The lowest BCUT2D eigenvalue weighted by atomic mass is 9.91. The summed E-state index contributed by atoms with van der Waals surface area (Å²) in [6.07, 6.45) is 7.98. The average molecular weight is 795 g/mol. The smallest absolute Gasteiger partial charge is 0.0540 e. The van der Waals surface area contributed by atoms with Crippen LogP contribution in [0.5, 0.6) is 0 Å². The first-order valence-electron chi connectivity index (χ1n) is 21.5. The molecule has 10 rings (SSSR count). The lowest BCUT2D eigenvalue weighted by Crippen LogP contribution is -2.18. The van der Waals surface area contributed by atoms with Crippen LogP contribution < -0.4 is 9.80 Å². The largest absolute Gasteiger partial charge is 0.310 e. The molecule has 0 aromatic heterocycles. The second kappa shape index (κ2) is 17.7. The topological polar surface area (TPSA) is 6.48 Å². The molecule has 0 aliphatic heterocycles. The third kappa shape index (κ3) is 8.02. The molecule has 0 saturated carbocycles.